The molecule has 0 aliphatic heterocycles. The minimum absolute atomic E-state index is 0.262. The molecule has 0 aliphatic rings. The summed E-state index contributed by atoms with van der Waals surface area (Å²) in [6.07, 6.45) is 0. The first-order chi connectivity index (χ1) is 12.0. The topological polar surface area (TPSA) is 50.8 Å². The van der Waals surface area contributed by atoms with E-state index in [1.165, 1.54) is 12.1 Å². The average molecular weight is 346 g/mol. The Morgan fingerprint density at radius 3 is 2.44 bits per heavy atom. The van der Waals surface area contributed by atoms with Crippen LogP contribution in [0.3, 0.4) is 0 Å². The highest BCUT2D eigenvalue weighted by atomic mass is 19.1. The minimum atomic E-state index is -0.315. The summed E-state index contributed by atoms with van der Waals surface area (Å²) in [5.41, 5.74) is 2.23. The van der Waals surface area contributed by atoms with E-state index in [0.29, 0.717) is 30.3 Å². The maximum absolute atomic E-state index is 13.3. The quantitative estimate of drug-likeness (QED) is 0.853. The number of aryl methyl sites for hydroxylation is 1. The lowest BCUT2D eigenvalue weighted by molar-refractivity contribution is 0.212. The fourth-order valence-corrected chi connectivity index (χ4v) is 2.49. The van der Waals surface area contributed by atoms with Crippen LogP contribution in [0.25, 0.3) is 0 Å². The first kappa shape index (κ1) is 18.6. The number of hydrogen-bond acceptors (Lipinski definition) is 3. The largest absolute Gasteiger partial charge is 0.493 e. The predicted molar refractivity (Wildman–Crippen MR) is 95.8 cm³/mol. The van der Waals surface area contributed by atoms with Crippen molar-refractivity contribution in [2.75, 3.05) is 26.1 Å². The first-order valence-electron chi connectivity index (χ1n) is 8.01. The van der Waals surface area contributed by atoms with E-state index >= 15 is 0 Å². The predicted octanol–water partition coefficient (Wildman–Crippen LogP) is 4.21. The van der Waals surface area contributed by atoms with E-state index in [1.54, 1.807) is 43.4 Å². The van der Waals surface area contributed by atoms with Crippen molar-refractivity contribution in [3.8, 4) is 11.5 Å². The number of carbonyl (C=O) groups is 1. The highest BCUT2D eigenvalue weighted by Gasteiger charge is 2.16. The van der Waals surface area contributed by atoms with Gasteiger partial charge >= 0.3 is 6.03 Å². The van der Waals surface area contributed by atoms with Crippen LogP contribution in [-0.4, -0.2) is 31.7 Å². The van der Waals surface area contributed by atoms with Crippen LogP contribution in [0.1, 0.15) is 18.1 Å². The number of hydrogen-bond donors (Lipinski definition) is 1. The fraction of sp³-hybridized carbons (Fsp3) is 0.316. The maximum Gasteiger partial charge on any atom is 0.322 e. The Morgan fingerprint density at radius 1 is 1.16 bits per heavy atom. The number of nitrogens with zero attached hydrogens (tertiary/aromatic N) is 1. The van der Waals surface area contributed by atoms with Gasteiger partial charge in [0.25, 0.3) is 0 Å². The number of nitrogens with one attached hydrogen (secondary N) is 1. The summed E-state index contributed by atoms with van der Waals surface area (Å²) in [4.78, 5) is 14.2. The number of methoxy groups -OCH3 is 2. The molecule has 0 heterocycles. The van der Waals surface area contributed by atoms with Crippen molar-refractivity contribution in [2.45, 2.75) is 20.4 Å². The van der Waals surface area contributed by atoms with Crippen LogP contribution in [0.4, 0.5) is 14.9 Å². The van der Waals surface area contributed by atoms with Crippen LogP contribution in [0.2, 0.25) is 0 Å². The zero-order valence-corrected chi connectivity index (χ0v) is 14.9. The normalized spacial score (nSPS) is 10.3. The molecule has 0 unspecified atom stereocenters. The lowest BCUT2D eigenvalue weighted by Crippen LogP contribution is -2.34. The summed E-state index contributed by atoms with van der Waals surface area (Å²) >= 11 is 0. The van der Waals surface area contributed by atoms with Crippen molar-refractivity contribution in [3.63, 3.8) is 0 Å². The molecule has 1 N–H and O–H groups in total. The van der Waals surface area contributed by atoms with Crippen molar-refractivity contribution in [1.29, 1.82) is 0 Å². The van der Waals surface area contributed by atoms with Gasteiger partial charge in [0.2, 0.25) is 0 Å². The summed E-state index contributed by atoms with van der Waals surface area (Å²) in [7, 11) is 3.11. The van der Waals surface area contributed by atoms with Crippen LogP contribution in [0.5, 0.6) is 11.5 Å². The summed E-state index contributed by atoms with van der Waals surface area (Å²) < 4.78 is 23.9. The van der Waals surface area contributed by atoms with Crippen molar-refractivity contribution in [2.24, 2.45) is 0 Å². The molecule has 25 heavy (non-hydrogen) atoms. The second kappa shape index (κ2) is 8.37. The fourth-order valence-electron chi connectivity index (χ4n) is 2.49. The molecule has 6 heteroatoms. The van der Waals surface area contributed by atoms with E-state index in [0.717, 1.165) is 11.1 Å². The zero-order valence-electron chi connectivity index (χ0n) is 14.9. The molecule has 5 nitrogen and oxygen atoms in total. The number of ether oxygens (including phenoxy) is 2. The Labute approximate surface area is 147 Å². The second-order valence-corrected chi connectivity index (χ2v) is 5.60. The third-order valence-electron chi connectivity index (χ3n) is 3.90. The van der Waals surface area contributed by atoms with E-state index in [9.17, 15) is 9.18 Å². The first-order valence-corrected chi connectivity index (χ1v) is 8.01. The third kappa shape index (κ3) is 4.62. The standard InChI is InChI=1S/C19H23FN2O3/c1-5-22(12-14-7-6-8-15(20)10-14)19(23)21-16-11-18(25-4)17(24-3)9-13(16)2/h6-11H,5,12H2,1-4H3,(H,21,23). The van der Waals surface area contributed by atoms with E-state index in [4.69, 9.17) is 9.47 Å². The van der Waals surface area contributed by atoms with Gasteiger partial charge in [-0.15, -0.1) is 0 Å². The summed E-state index contributed by atoms with van der Waals surface area (Å²) in [6, 6.07) is 9.50. The number of rotatable bonds is 6. The second-order valence-electron chi connectivity index (χ2n) is 5.60. The van der Waals surface area contributed by atoms with Crippen molar-refractivity contribution >= 4 is 11.7 Å². The Kier molecular flexibility index (Phi) is 6.22. The molecule has 0 aromatic heterocycles. The Hall–Kier alpha value is -2.76. The molecule has 134 valence electrons. The smallest absolute Gasteiger partial charge is 0.322 e. The minimum Gasteiger partial charge on any atom is -0.493 e. The highest BCUT2D eigenvalue weighted by Crippen LogP contribution is 2.33. The van der Waals surface area contributed by atoms with Crippen molar-refractivity contribution in [1.82, 2.24) is 4.90 Å². The maximum atomic E-state index is 13.3. The van der Waals surface area contributed by atoms with E-state index in [1.807, 2.05) is 13.8 Å². The van der Waals surface area contributed by atoms with Gasteiger partial charge in [0.15, 0.2) is 11.5 Å². The summed E-state index contributed by atoms with van der Waals surface area (Å²) in [5, 5.41) is 2.88. The molecule has 0 aliphatic carbocycles. The molecule has 0 spiro atoms. The number of amides is 2. The molecule has 2 rings (SSSR count). The van der Waals surface area contributed by atoms with Crippen molar-refractivity contribution in [3.05, 3.63) is 53.3 Å². The molecule has 0 atom stereocenters. The summed E-state index contributed by atoms with van der Waals surface area (Å²) in [6.45, 7) is 4.57. The van der Waals surface area contributed by atoms with Gasteiger partial charge in [0.1, 0.15) is 5.82 Å². The Balaban J connectivity index is 2.16. The van der Waals surface area contributed by atoms with E-state index in [2.05, 4.69) is 5.32 Å². The van der Waals surface area contributed by atoms with Crippen LogP contribution in [0, 0.1) is 12.7 Å². The van der Waals surface area contributed by atoms with Gasteiger partial charge in [-0.05, 0) is 43.2 Å². The van der Waals surface area contributed by atoms with E-state index in [-0.39, 0.29) is 11.8 Å². The molecule has 2 aromatic carbocycles. The number of carbonyl (C=O) groups excluding carboxylic acids is 1. The number of urea groups is 1. The van der Waals surface area contributed by atoms with Gasteiger partial charge in [-0.1, -0.05) is 12.1 Å². The molecular weight excluding hydrogens is 323 g/mol. The lowest BCUT2D eigenvalue weighted by Gasteiger charge is -2.22. The molecule has 2 aromatic rings. The molecule has 0 saturated carbocycles. The van der Waals surface area contributed by atoms with Gasteiger partial charge in [0, 0.05) is 24.8 Å². The molecule has 0 fully saturated rings. The molecule has 2 amide bonds. The number of halogens is 1. The van der Waals surface area contributed by atoms with Crippen LogP contribution in [0.15, 0.2) is 36.4 Å². The highest BCUT2D eigenvalue weighted by molar-refractivity contribution is 5.90. The van der Waals surface area contributed by atoms with Crippen LogP contribution < -0.4 is 14.8 Å². The van der Waals surface area contributed by atoms with Gasteiger partial charge in [-0.3, -0.25) is 0 Å². The number of anilines is 1. The van der Waals surface area contributed by atoms with Gasteiger partial charge in [-0.25, -0.2) is 9.18 Å². The van der Waals surface area contributed by atoms with Crippen LogP contribution in [-0.2, 0) is 6.54 Å². The monoisotopic (exact) mass is 346 g/mol. The molecule has 0 saturated heterocycles. The SMILES string of the molecule is CCN(Cc1cccc(F)c1)C(=O)Nc1cc(OC)c(OC)cc1C. The van der Waals surface area contributed by atoms with Crippen molar-refractivity contribution < 1.29 is 18.7 Å². The van der Waals surface area contributed by atoms with E-state index < -0.39 is 0 Å². The third-order valence-corrected chi connectivity index (χ3v) is 3.90. The van der Waals surface area contributed by atoms with Crippen LogP contribution >= 0.6 is 0 Å². The number of benzene rings is 2. The van der Waals surface area contributed by atoms with Gasteiger partial charge in [0.05, 0.1) is 14.2 Å². The molecule has 0 bridgehead atoms. The lowest BCUT2D eigenvalue weighted by atomic mass is 10.1. The van der Waals surface area contributed by atoms with Gasteiger partial charge in [-0.2, -0.15) is 0 Å². The Morgan fingerprint density at radius 2 is 1.84 bits per heavy atom. The molecular formula is C19H23FN2O3. The molecule has 0 radical (unpaired) electrons. The van der Waals surface area contributed by atoms with Gasteiger partial charge < -0.3 is 19.7 Å². The summed E-state index contributed by atoms with van der Waals surface area (Å²) in [5.74, 6) is 0.825. The Bertz CT molecular complexity index is 749. The zero-order chi connectivity index (χ0) is 18.4. The average Bonchev–Trinajstić information content (AvgIpc) is 2.60.